The zero-order chi connectivity index (χ0) is 35.5. The Bertz CT molecular complexity index is 755. The molecule has 0 aromatic rings. The fraction of sp³-hybridized carbons (Fsp3) is 0.927. The second kappa shape index (κ2) is 34.6. The normalized spacial score (nSPS) is 18.2. The summed E-state index contributed by atoms with van der Waals surface area (Å²) in [6.07, 6.45) is 38.6. The minimum Gasteiger partial charge on any atom is -0.465 e. The van der Waals surface area contributed by atoms with Crippen molar-refractivity contribution < 1.29 is 29.0 Å². The molecule has 49 heavy (non-hydrogen) atoms. The summed E-state index contributed by atoms with van der Waals surface area (Å²) in [5, 5.41) is 10.8. The molecule has 2 rings (SSSR count). The van der Waals surface area contributed by atoms with Crippen LogP contribution in [-0.2, 0) is 19.1 Å². The van der Waals surface area contributed by atoms with Gasteiger partial charge in [-0.1, -0.05) is 128 Å². The van der Waals surface area contributed by atoms with Crippen molar-refractivity contribution >= 4 is 18.0 Å². The Morgan fingerprint density at radius 1 is 0.469 bits per heavy atom. The quantitative estimate of drug-likeness (QED) is 0.102. The largest absolute Gasteiger partial charge is 0.465 e. The highest BCUT2D eigenvalue weighted by Gasteiger charge is 2.16. The third-order valence-corrected chi connectivity index (χ3v) is 10.1. The molecule has 2 saturated carbocycles. The zero-order valence-corrected chi connectivity index (χ0v) is 31.7. The number of esters is 2. The van der Waals surface area contributed by atoms with Crippen LogP contribution >= 0.6 is 0 Å². The molecule has 2 fully saturated rings. The number of hydrogen-bond acceptors (Lipinski definition) is 6. The number of carboxylic acid groups (broad SMARTS) is 1. The Labute approximate surface area is 301 Å². The molecule has 8 heteroatoms. The minimum absolute atomic E-state index is 0.0286. The summed E-state index contributed by atoms with van der Waals surface area (Å²) < 4.78 is 11.5. The molecular formula is C41H78N2O6. The molecular weight excluding hydrogens is 616 g/mol. The van der Waals surface area contributed by atoms with E-state index in [-0.39, 0.29) is 24.1 Å². The van der Waals surface area contributed by atoms with E-state index in [0.29, 0.717) is 19.4 Å². The van der Waals surface area contributed by atoms with Crippen LogP contribution in [0.4, 0.5) is 4.79 Å². The highest BCUT2D eigenvalue weighted by atomic mass is 16.5. The molecule has 0 atom stereocenters. The Hall–Kier alpha value is -1.83. The summed E-state index contributed by atoms with van der Waals surface area (Å²) in [6, 6.07) is 0. The number of hydrogen-bond donors (Lipinski definition) is 3. The number of rotatable bonds is 17. The summed E-state index contributed by atoms with van der Waals surface area (Å²) >= 11 is 0. The number of amides is 1. The van der Waals surface area contributed by atoms with Crippen LogP contribution in [0.25, 0.3) is 0 Å². The van der Waals surface area contributed by atoms with Crippen LogP contribution in [0.1, 0.15) is 218 Å². The monoisotopic (exact) mass is 695 g/mol. The number of nitrogens with two attached hydrogens (primary N) is 1. The van der Waals surface area contributed by atoms with Crippen molar-refractivity contribution in [1.82, 2.24) is 5.32 Å². The van der Waals surface area contributed by atoms with E-state index in [9.17, 15) is 14.4 Å². The van der Waals surface area contributed by atoms with Gasteiger partial charge in [0.25, 0.3) is 0 Å². The molecule has 0 saturated heterocycles. The van der Waals surface area contributed by atoms with Gasteiger partial charge in [0.2, 0.25) is 0 Å². The first-order valence-electron chi connectivity index (χ1n) is 21.1. The van der Waals surface area contributed by atoms with Gasteiger partial charge in [0, 0.05) is 19.4 Å². The van der Waals surface area contributed by atoms with E-state index in [1.54, 1.807) is 0 Å². The maximum atomic E-state index is 12.1. The SMILES string of the molecule is NCCCCCCCC(=O)OC1CCCCCCCCCCC1.O=C(O)NCCCCCCCC(=O)OC1CCCCCCCCCCC1. The van der Waals surface area contributed by atoms with Crippen molar-refractivity contribution in [3.63, 3.8) is 0 Å². The van der Waals surface area contributed by atoms with Crippen molar-refractivity contribution in [1.29, 1.82) is 0 Å². The van der Waals surface area contributed by atoms with Gasteiger partial charge < -0.3 is 25.6 Å². The standard InChI is InChI=1S/C21H39NO4.C20H39NO2/c23-20(17-13-9-6-10-14-18-22-21(24)25)26-19-15-11-7-4-2-1-3-5-8-12-16-19;21-18-14-10-6-9-13-17-20(22)23-19-15-11-7-4-2-1-3-5-8-12-16-19/h19,22H,1-18H2,(H,24,25);19H,1-18,21H2. The van der Waals surface area contributed by atoms with Crippen molar-refractivity contribution in [3.05, 3.63) is 0 Å². The van der Waals surface area contributed by atoms with Gasteiger partial charge in [0.15, 0.2) is 0 Å². The predicted octanol–water partition coefficient (Wildman–Crippen LogP) is 11.3. The molecule has 0 aromatic heterocycles. The second-order valence-corrected chi connectivity index (χ2v) is 14.8. The van der Waals surface area contributed by atoms with Crippen LogP contribution < -0.4 is 11.1 Å². The molecule has 0 unspecified atom stereocenters. The summed E-state index contributed by atoms with van der Waals surface area (Å²) in [6.45, 7) is 1.29. The zero-order valence-electron chi connectivity index (χ0n) is 31.7. The maximum absolute atomic E-state index is 12.1. The van der Waals surface area contributed by atoms with Crippen LogP contribution in [0.15, 0.2) is 0 Å². The molecule has 0 bridgehead atoms. The van der Waals surface area contributed by atoms with Gasteiger partial charge in [-0.2, -0.15) is 0 Å². The predicted molar refractivity (Wildman–Crippen MR) is 202 cm³/mol. The minimum atomic E-state index is -0.959. The molecule has 288 valence electrons. The lowest BCUT2D eigenvalue weighted by Crippen LogP contribution is -2.21. The van der Waals surface area contributed by atoms with Gasteiger partial charge in [0.05, 0.1) is 0 Å². The van der Waals surface area contributed by atoms with E-state index in [2.05, 4.69) is 5.32 Å². The van der Waals surface area contributed by atoms with Crippen LogP contribution in [0.5, 0.6) is 0 Å². The molecule has 0 aliphatic heterocycles. The molecule has 2 aliphatic carbocycles. The van der Waals surface area contributed by atoms with Gasteiger partial charge >= 0.3 is 18.0 Å². The number of carbonyl (C=O) groups is 3. The van der Waals surface area contributed by atoms with E-state index in [1.807, 2.05) is 0 Å². The van der Waals surface area contributed by atoms with Gasteiger partial charge in [-0.25, -0.2) is 4.79 Å². The summed E-state index contributed by atoms with van der Waals surface area (Å²) in [5.74, 6) is -0.00411. The van der Waals surface area contributed by atoms with Crippen molar-refractivity contribution in [2.75, 3.05) is 13.1 Å². The molecule has 0 radical (unpaired) electrons. The summed E-state index contributed by atoms with van der Waals surface area (Å²) in [7, 11) is 0. The Morgan fingerprint density at radius 3 is 1.12 bits per heavy atom. The van der Waals surface area contributed by atoms with Crippen molar-refractivity contribution in [2.24, 2.45) is 5.73 Å². The van der Waals surface area contributed by atoms with Crippen molar-refractivity contribution in [3.8, 4) is 0 Å². The molecule has 2 aliphatic rings. The Kier molecular flexibility index (Phi) is 31.9. The number of unbranched alkanes of at least 4 members (excludes halogenated alkanes) is 8. The van der Waals surface area contributed by atoms with Crippen LogP contribution in [0.2, 0.25) is 0 Å². The topological polar surface area (TPSA) is 128 Å². The second-order valence-electron chi connectivity index (χ2n) is 14.8. The first-order valence-corrected chi connectivity index (χ1v) is 21.1. The van der Waals surface area contributed by atoms with Crippen LogP contribution in [0, 0.1) is 0 Å². The average molecular weight is 695 g/mol. The van der Waals surface area contributed by atoms with Crippen molar-refractivity contribution in [2.45, 2.75) is 231 Å². The first-order chi connectivity index (χ1) is 24.0. The lowest BCUT2D eigenvalue weighted by molar-refractivity contribution is -0.151. The fourth-order valence-electron chi connectivity index (χ4n) is 7.04. The maximum Gasteiger partial charge on any atom is 0.404 e. The third-order valence-electron chi connectivity index (χ3n) is 10.1. The lowest BCUT2D eigenvalue weighted by atomic mass is 9.99. The van der Waals surface area contributed by atoms with Crippen LogP contribution in [0.3, 0.4) is 0 Å². The number of nitrogens with one attached hydrogen (secondary N) is 1. The van der Waals surface area contributed by atoms with E-state index in [1.165, 1.54) is 128 Å². The smallest absolute Gasteiger partial charge is 0.404 e. The van der Waals surface area contributed by atoms with E-state index in [4.69, 9.17) is 20.3 Å². The molecule has 0 spiro atoms. The fourth-order valence-corrected chi connectivity index (χ4v) is 7.04. The Morgan fingerprint density at radius 2 is 0.776 bits per heavy atom. The van der Waals surface area contributed by atoms with E-state index in [0.717, 1.165) is 83.6 Å². The first kappa shape index (κ1) is 45.2. The summed E-state index contributed by atoms with van der Waals surface area (Å²) in [5.41, 5.74) is 5.48. The number of ether oxygens (including phenoxy) is 2. The van der Waals surface area contributed by atoms with Crippen LogP contribution in [-0.4, -0.2) is 48.4 Å². The Balaban J connectivity index is 0.000000494. The van der Waals surface area contributed by atoms with E-state index < -0.39 is 6.09 Å². The summed E-state index contributed by atoms with van der Waals surface area (Å²) in [4.78, 5) is 34.5. The van der Waals surface area contributed by atoms with Gasteiger partial charge in [-0.05, 0) is 83.6 Å². The molecule has 8 nitrogen and oxygen atoms in total. The lowest BCUT2D eigenvalue weighted by Gasteiger charge is -2.18. The molecule has 0 heterocycles. The molecule has 0 aromatic carbocycles. The van der Waals surface area contributed by atoms with Gasteiger partial charge in [-0.15, -0.1) is 0 Å². The number of carbonyl (C=O) groups excluding carboxylic acids is 2. The van der Waals surface area contributed by atoms with Gasteiger partial charge in [0.1, 0.15) is 12.2 Å². The highest BCUT2D eigenvalue weighted by Crippen LogP contribution is 2.21. The average Bonchev–Trinajstić information content (AvgIpc) is 3.06. The third kappa shape index (κ3) is 31.9. The van der Waals surface area contributed by atoms with E-state index >= 15 is 0 Å². The molecule has 1 amide bonds. The van der Waals surface area contributed by atoms with Gasteiger partial charge in [-0.3, -0.25) is 9.59 Å². The molecule has 4 N–H and O–H groups in total. The highest BCUT2D eigenvalue weighted by molar-refractivity contribution is 5.69.